The lowest BCUT2D eigenvalue weighted by molar-refractivity contribution is -0.139. The first-order valence-corrected chi connectivity index (χ1v) is 13.3. The Morgan fingerprint density at radius 3 is 2.55 bits per heavy atom. The first-order valence-electron chi connectivity index (χ1n) is 10.6. The van der Waals surface area contributed by atoms with E-state index >= 15 is 0 Å². The minimum atomic E-state index is -3.91. The molecule has 31 heavy (non-hydrogen) atoms. The summed E-state index contributed by atoms with van der Waals surface area (Å²) in [7, 11) is -3.91. The van der Waals surface area contributed by atoms with Crippen LogP contribution in [-0.4, -0.2) is 61.9 Å². The number of carbonyl (C=O) groups excluding carboxylic acids is 1. The zero-order valence-corrected chi connectivity index (χ0v) is 20.0. The van der Waals surface area contributed by atoms with E-state index in [1.807, 2.05) is 4.90 Å². The molecule has 170 valence electrons. The number of halogens is 2. The molecule has 1 N–H and O–H groups in total. The van der Waals surface area contributed by atoms with Crippen molar-refractivity contribution in [3.63, 3.8) is 0 Å². The van der Waals surface area contributed by atoms with Crippen LogP contribution in [0.5, 0.6) is 0 Å². The highest BCUT2D eigenvalue weighted by atomic mass is 35.5. The second kappa shape index (κ2) is 8.94. The number of fused-ring (bicyclic) bond motifs is 1. The van der Waals surface area contributed by atoms with Crippen LogP contribution in [0.3, 0.4) is 0 Å². The summed E-state index contributed by atoms with van der Waals surface area (Å²) in [6.45, 7) is 6.91. The number of sulfonamides is 1. The molecular weight excluding hydrogens is 461 g/mol. The summed E-state index contributed by atoms with van der Waals surface area (Å²) in [5.74, 6) is -0.737. The van der Waals surface area contributed by atoms with Gasteiger partial charge in [-0.25, -0.2) is 12.8 Å². The molecule has 2 saturated heterocycles. The Hall–Kier alpha value is -1.26. The minimum Gasteiger partial charge on any atom is -0.338 e. The summed E-state index contributed by atoms with van der Waals surface area (Å²) in [6.07, 6.45) is 3.05. The third kappa shape index (κ3) is 4.75. The summed E-state index contributed by atoms with van der Waals surface area (Å²) in [6, 6.07) is 3.95. The third-order valence-electron chi connectivity index (χ3n) is 6.24. The maximum Gasteiger partial charge on any atom is 0.250 e. The highest BCUT2D eigenvalue weighted by Crippen LogP contribution is 2.33. The third-order valence-corrected chi connectivity index (χ3v) is 9.57. The van der Waals surface area contributed by atoms with Gasteiger partial charge in [0.2, 0.25) is 5.91 Å². The fourth-order valence-electron chi connectivity index (χ4n) is 4.47. The number of benzene rings is 1. The predicted octanol–water partition coefficient (Wildman–Crippen LogP) is 3.84. The van der Waals surface area contributed by atoms with E-state index in [2.05, 4.69) is 23.5 Å². The van der Waals surface area contributed by atoms with Crippen molar-refractivity contribution in [2.75, 3.05) is 19.6 Å². The molecule has 0 saturated carbocycles. The number of thiophene rings is 1. The van der Waals surface area contributed by atoms with E-state index in [0.717, 1.165) is 43.7 Å². The molecule has 2 aliphatic rings. The van der Waals surface area contributed by atoms with Crippen LogP contribution in [0.1, 0.15) is 39.5 Å². The van der Waals surface area contributed by atoms with Gasteiger partial charge in [0, 0.05) is 36.4 Å². The number of carbonyl (C=O) groups is 1. The minimum absolute atomic E-state index is 0.0483. The molecule has 1 unspecified atom stereocenters. The molecular formula is C21H27ClFN3O3S2. The van der Waals surface area contributed by atoms with Crippen LogP contribution >= 0.6 is 22.9 Å². The van der Waals surface area contributed by atoms with E-state index in [0.29, 0.717) is 29.1 Å². The molecule has 2 aliphatic heterocycles. The normalized spacial score (nSPS) is 22.0. The van der Waals surface area contributed by atoms with E-state index in [1.165, 1.54) is 18.2 Å². The average molecular weight is 488 g/mol. The van der Waals surface area contributed by atoms with Gasteiger partial charge in [-0.1, -0.05) is 11.6 Å². The molecule has 1 aromatic heterocycles. The summed E-state index contributed by atoms with van der Waals surface area (Å²) < 4.78 is 42.9. The van der Waals surface area contributed by atoms with Gasteiger partial charge in [0.25, 0.3) is 10.0 Å². The first-order chi connectivity index (χ1) is 14.7. The van der Waals surface area contributed by atoms with Gasteiger partial charge < -0.3 is 9.80 Å². The number of hydrogen-bond acceptors (Lipinski definition) is 5. The monoisotopic (exact) mass is 487 g/mol. The van der Waals surface area contributed by atoms with Gasteiger partial charge in [-0.15, -0.1) is 11.3 Å². The second-order valence-corrected chi connectivity index (χ2v) is 12.0. The zero-order valence-electron chi connectivity index (χ0n) is 17.6. The standard InChI is InChI=1S/C21H27ClFN3O3S2/c1-13(2)25-8-5-15(6-9-25)26-7-3-4-18(21(26)27)24-31(28,29)20-11-14-10-17(23)16(22)12-19(14)30-20/h10-13,15,18,24H,3-9H2,1-2H3. The molecule has 2 fully saturated rings. The molecule has 0 bridgehead atoms. The van der Waals surface area contributed by atoms with Crippen molar-refractivity contribution in [3.8, 4) is 0 Å². The van der Waals surface area contributed by atoms with Gasteiger partial charge in [0.15, 0.2) is 0 Å². The van der Waals surface area contributed by atoms with Crippen molar-refractivity contribution in [1.29, 1.82) is 0 Å². The molecule has 1 amide bonds. The maximum atomic E-state index is 13.7. The number of amides is 1. The van der Waals surface area contributed by atoms with Gasteiger partial charge in [0.1, 0.15) is 16.1 Å². The molecule has 10 heteroatoms. The van der Waals surface area contributed by atoms with Crippen LogP contribution in [0.25, 0.3) is 10.1 Å². The number of piperidine rings is 2. The average Bonchev–Trinajstić information content (AvgIpc) is 3.13. The Morgan fingerprint density at radius 1 is 1.16 bits per heavy atom. The molecule has 6 nitrogen and oxygen atoms in total. The highest BCUT2D eigenvalue weighted by Gasteiger charge is 2.37. The van der Waals surface area contributed by atoms with Crippen molar-refractivity contribution in [1.82, 2.24) is 14.5 Å². The summed E-state index contributed by atoms with van der Waals surface area (Å²) in [5.41, 5.74) is 0. The molecule has 1 aromatic carbocycles. The van der Waals surface area contributed by atoms with Crippen LogP contribution in [0.4, 0.5) is 4.39 Å². The Bertz CT molecular complexity index is 1040. The van der Waals surface area contributed by atoms with Crippen molar-refractivity contribution in [2.24, 2.45) is 0 Å². The van der Waals surface area contributed by atoms with E-state index in [-0.39, 0.29) is 21.2 Å². The van der Waals surface area contributed by atoms with E-state index in [9.17, 15) is 17.6 Å². The fraction of sp³-hybridized carbons (Fsp3) is 0.571. The molecule has 0 radical (unpaired) electrons. The van der Waals surface area contributed by atoms with Gasteiger partial charge >= 0.3 is 0 Å². The molecule has 2 aromatic rings. The van der Waals surface area contributed by atoms with Crippen molar-refractivity contribution in [3.05, 3.63) is 29.0 Å². The quantitative estimate of drug-likeness (QED) is 0.695. The number of likely N-dealkylation sites (tertiary alicyclic amines) is 2. The van der Waals surface area contributed by atoms with Crippen molar-refractivity contribution in [2.45, 2.75) is 61.9 Å². The SMILES string of the molecule is CC(C)N1CCC(N2CCCC(NS(=O)(=O)c3cc4cc(F)c(Cl)cc4s3)C2=O)CC1. The first kappa shape index (κ1) is 22.9. The van der Waals surface area contributed by atoms with Gasteiger partial charge in [-0.05, 0) is 63.1 Å². The molecule has 4 rings (SSSR count). The number of hydrogen-bond donors (Lipinski definition) is 1. The predicted molar refractivity (Wildman–Crippen MR) is 122 cm³/mol. The molecule has 0 aliphatic carbocycles. The van der Waals surface area contributed by atoms with E-state index in [4.69, 9.17) is 11.6 Å². The summed E-state index contributed by atoms with van der Waals surface area (Å²) >= 11 is 6.83. The Morgan fingerprint density at radius 2 is 1.87 bits per heavy atom. The van der Waals surface area contributed by atoms with Crippen LogP contribution < -0.4 is 4.72 Å². The number of rotatable bonds is 5. The van der Waals surface area contributed by atoms with Crippen molar-refractivity contribution < 1.29 is 17.6 Å². The topological polar surface area (TPSA) is 69.7 Å². The van der Waals surface area contributed by atoms with Crippen LogP contribution in [0.2, 0.25) is 5.02 Å². The second-order valence-electron chi connectivity index (χ2n) is 8.58. The van der Waals surface area contributed by atoms with Gasteiger partial charge in [-0.2, -0.15) is 4.72 Å². The van der Waals surface area contributed by atoms with E-state index < -0.39 is 21.9 Å². The molecule has 3 heterocycles. The maximum absolute atomic E-state index is 13.7. The largest absolute Gasteiger partial charge is 0.338 e. The zero-order chi connectivity index (χ0) is 22.3. The number of nitrogens with zero attached hydrogens (tertiary/aromatic N) is 2. The number of nitrogens with one attached hydrogen (secondary N) is 1. The van der Waals surface area contributed by atoms with Crippen LogP contribution in [0, 0.1) is 5.82 Å². The highest BCUT2D eigenvalue weighted by molar-refractivity contribution is 7.91. The Labute approximate surface area is 191 Å². The Balaban J connectivity index is 1.47. The molecule has 0 spiro atoms. The lowest BCUT2D eigenvalue weighted by Crippen LogP contribution is -2.57. The van der Waals surface area contributed by atoms with Gasteiger partial charge in [-0.3, -0.25) is 4.79 Å². The smallest absolute Gasteiger partial charge is 0.250 e. The van der Waals surface area contributed by atoms with Crippen molar-refractivity contribution >= 4 is 49.0 Å². The molecule has 1 atom stereocenters. The van der Waals surface area contributed by atoms with Crippen LogP contribution in [0.15, 0.2) is 22.4 Å². The Kier molecular flexibility index (Phi) is 6.61. The van der Waals surface area contributed by atoms with Gasteiger partial charge in [0.05, 0.1) is 5.02 Å². The summed E-state index contributed by atoms with van der Waals surface area (Å²) in [5, 5.41) is 0.425. The summed E-state index contributed by atoms with van der Waals surface area (Å²) in [4.78, 5) is 17.4. The van der Waals surface area contributed by atoms with Crippen LogP contribution in [-0.2, 0) is 14.8 Å². The lowest BCUT2D eigenvalue weighted by Gasteiger charge is -2.43. The fourth-order valence-corrected chi connectivity index (χ4v) is 7.36. The van der Waals surface area contributed by atoms with E-state index in [1.54, 1.807) is 0 Å². The lowest BCUT2D eigenvalue weighted by atomic mass is 9.97.